The molecule has 0 spiro atoms. The number of carbonyl (C=O) groups is 1. The average Bonchev–Trinajstić information content (AvgIpc) is 2.72. The van der Waals surface area contributed by atoms with Crippen LogP contribution in [0.15, 0.2) is 24.3 Å². The summed E-state index contributed by atoms with van der Waals surface area (Å²) >= 11 is 0. The standard InChI is InChI=1S/C12H12N4O2/c1-8-5-9(2)7-10(6-8)16-11(13-14-15-16)3-4-12(17)18/h3-7H,1-2H3,(H,17,18)/b4-3+. The molecule has 0 amide bonds. The highest BCUT2D eigenvalue weighted by atomic mass is 16.4. The second-order valence-electron chi connectivity index (χ2n) is 3.97. The lowest BCUT2D eigenvalue weighted by molar-refractivity contribution is -0.131. The fourth-order valence-corrected chi connectivity index (χ4v) is 1.70. The van der Waals surface area contributed by atoms with Gasteiger partial charge in [0.25, 0.3) is 0 Å². The molecule has 0 atom stereocenters. The molecule has 0 aliphatic heterocycles. The van der Waals surface area contributed by atoms with Crippen LogP contribution < -0.4 is 0 Å². The van der Waals surface area contributed by atoms with Crippen LogP contribution in [0.4, 0.5) is 0 Å². The number of nitrogens with zero attached hydrogens (tertiary/aromatic N) is 4. The number of tetrazole rings is 1. The van der Waals surface area contributed by atoms with Crippen molar-refractivity contribution >= 4 is 12.0 Å². The topological polar surface area (TPSA) is 80.9 Å². The number of aliphatic carboxylic acids is 1. The molecule has 0 fully saturated rings. The molecule has 2 aromatic rings. The molecule has 0 saturated heterocycles. The molecule has 1 heterocycles. The number of benzene rings is 1. The molecule has 0 radical (unpaired) electrons. The molecule has 1 aromatic carbocycles. The summed E-state index contributed by atoms with van der Waals surface area (Å²) in [4.78, 5) is 10.5. The zero-order valence-electron chi connectivity index (χ0n) is 10.0. The quantitative estimate of drug-likeness (QED) is 0.825. The van der Waals surface area contributed by atoms with Gasteiger partial charge in [0, 0.05) is 6.08 Å². The fourth-order valence-electron chi connectivity index (χ4n) is 1.70. The van der Waals surface area contributed by atoms with Crippen LogP contribution >= 0.6 is 0 Å². The molecule has 2 rings (SSSR count). The Morgan fingerprint density at radius 3 is 2.56 bits per heavy atom. The first-order valence-corrected chi connectivity index (χ1v) is 5.34. The lowest BCUT2D eigenvalue weighted by atomic mass is 10.1. The highest BCUT2D eigenvalue weighted by molar-refractivity contribution is 5.84. The van der Waals surface area contributed by atoms with Crippen molar-refractivity contribution in [3.63, 3.8) is 0 Å². The van der Waals surface area contributed by atoms with Crippen molar-refractivity contribution in [3.8, 4) is 5.69 Å². The largest absolute Gasteiger partial charge is 0.478 e. The molecule has 92 valence electrons. The number of carboxylic acid groups (broad SMARTS) is 1. The van der Waals surface area contributed by atoms with Gasteiger partial charge < -0.3 is 5.11 Å². The summed E-state index contributed by atoms with van der Waals surface area (Å²) in [7, 11) is 0. The SMILES string of the molecule is Cc1cc(C)cc(-n2nnnc2/C=C/C(=O)O)c1. The van der Waals surface area contributed by atoms with Crippen LogP contribution in [0.25, 0.3) is 11.8 Å². The zero-order valence-corrected chi connectivity index (χ0v) is 10.0. The van der Waals surface area contributed by atoms with Crippen LogP contribution in [-0.2, 0) is 4.79 Å². The maximum atomic E-state index is 10.5. The van der Waals surface area contributed by atoms with Crippen molar-refractivity contribution in [2.24, 2.45) is 0 Å². The Morgan fingerprint density at radius 1 is 1.28 bits per heavy atom. The summed E-state index contributed by atoms with van der Waals surface area (Å²) in [6.45, 7) is 3.96. The van der Waals surface area contributed by atoms with Gasteiger partial charge in [0.15, 0.2) is 5.82 Å². The Kier molecular flexibility index (Phi) is 3.18. The third-order valence-electron chi connectivity index (χ3n) is 2.32. The minimum Gasteiger partial charge on any atom is -0.478 e. The minimum atomic E-state index is -1.04. The molecule has 0 aliphatic carbocycles. The predicted octanol–water partition coefficient (Wildman–Crippen LogP) is 1.38. The van der Waals surface area contributed by atoms with Gasteiger partial charge in [0.2, 0.25) is 0 Å². The Balaban J connectivity index is 2.45. The van der Waals surface area contributed by atoms with Gasteiger partial charge in [-0.15, -0.1) is 5.10 Å². The normalized spacial score (nSPS) is 11.0. The number of rotatable bonds is 3. The van der Waals surface area contributed by atoms with Gasteiger partial charge in [0.1, 0.15) is 0 Å². The molecule has 18 heavy (non-hydrogen) atoms. The Bertz CT molecular complexity index is 596. The summed E-state index contributed by atoms with van der Waals surface area (Å²) in [5.41, 5.74) is 2.99. The van der Waals surface area contributed by atoms with E-state index in [0.717, 1.165) is 22.9 Å². The highest BCUT2D eigenvalue weighted by Crippen LogP contribution is 2.14. The van der Waals surface area contributed by atoms with E-state index in [-0.39, 0.29) is 0 Å². The second-order valence-corrected chi connectivity index (χ2v) is 3.97. The van der Waals surface area contributed by atoms with Crippen LogP contribution in [0.5, 0.6) is 0 Å². The Labute approximate surface area is 104 Å². The third kappa shape index (κ3) is 2.60. The van der Waals surface area contributed by atoms with E-state index in [2.05, 4.69) is 15.5 Å². The summed E-state index contributed by atoms with van der Waals surface area (Å²) in [5, 5.41) is 19.8. The summed E-state index contributed by atoms with van der Waals surface area (Å²) in [6.07, 6.45) is 2.37. The maximum absolute atomic E-state index is 10.5. The number of aryl methyl sites for hydroxylation is 2. The fraction of sp³-hybridized carbons (Fsp3) is 0.167. The third-order valence-corrected chi connectivity index (χ3v) is 2.32. The van der Waals surface area contributed by atoms with Crippen molar-refractivity contribution in [1.29, 1.82) is 0 Å². The van der Waals surface area contributed by atoms with Crippen LogP contribution in [0, 0.1) is 13.8 Å². The number of carboxylic acids is 1. The molecule has 0 unspecified atom stereocenters. The summed E-state index contributed by atoms with van der Waals surface area (Å²) < 4.78 is 1.50. The first-order valence-electron chi connectivity index (χ1n) is 5.34. The molecule has 1 aromatic heterocycles. The van der Waals surface area contributed by atoms with E-state index in [4.69, 9.17) is 5.11 Å². The summed E-state index contributed by atoms with van der Waals surface area (Å²) in [6, 6.07) is 5.91. The van der Waals surface area contributed by atoms with E-state index in [0.29, 0.717) is 5.82 Å². The van der Waals surface area contributed by atoms with Gasteiger partial charge in [-0.1, -0.05) is 6.07 Å². The van der Waals surface area contributed by atoms with E-state index in [1.807, 2.05) is 32.0 Å². The Hall–Kier alpha value is -2.50. The average molecular weight is 244 g/mol. The smallest absolute Gasteiger partial charge is 0.328 e. The lowest BCUT2D eigenvalue weighted by Crippen LogP contribution is -2.01. The molecule has 0 saturated carbocycles. The second kappa shape index (κ2) is 4.79. The van der Waals surface area contributed by atoms with Crippen molar-refractivity contribution in [2.75, 3.05) is 0 Å². The van der Waals surface area contributed by atoms with Gasteiger partial charge in [-0.2, -0.15) is 4.68 Å². The molecular weight excluding hydrogens is 232 g/mol. The van der Waals surface area contributed by atoms with Crippen LogP contribution in [0.2, 0.25) is 0 Å². The molecule has 1 N–H and O–H groups in total. The van der Waals surface area contributed by atoms with E-state index in [1.54, 1.807) is 0 Å². The maximum Gasteiger partial charge on any atom is 0.328 e. The van der Waals surface area contributed by atoms with Gasteiger partial charge in [-0.05, 0) is 53.6 Å². The molecular formula is C12H12N4O2. The van der Waals surface area contributed by atoms with Crippen LogP contribution in [0.1, 0.15) is 17.0 Å². The van der Waals surface area contributed by atoms with Crippen molar-refractivity contribution < 1.29 is 9.90 Å². The molecule has 0 aliphatic rings. The number of hydrogen-bond acceptors (Lipinski definition) is 4. The monoisotopic (exact) mass is 244 g/mol. The van der Waals surface area contributed by atoms with Gasteiger partial charge >= 0.3 is 5.97 Å². The van der Waals surface area contributed by atoms with Crippen LogP contribution in [0.3, 0.4) is 0 Å². The number of hydrogen-bond donors (Lipinski definition) is 1. The van der Waals surface area contributed by atoms with Crippen molar-refractivity contribution in [2.45, 2.75) is 13.8 Å². The van der Waals surface area contributed by atoms with E-state index >= 15 is 0 Å². The minimum absolute atomic E-state index is 0.377. The first kappa shape index (κ1) is 12.0. The van der Waals surface area contributed by atoms with E-state index < -0.39 is 5.97 Å². The molecule has 6 nitrogen and oxygen atoms in total. The zero-order chi connectivity index (χ0) is 13.1. The van der Waals surface area contributed by atoms with Crippen molar-refractivity contribution in [1.82, 2.24) is 20.2 Å². The van der Waals surface area contributed by atoms with E-state index in [1.165, 1.54) is 10.8 Å². The van der Waals surface area contributed by atoms with Crippen LogP contribution in [-0.4, -0.2) is 31.3 Å². The molecule has 0 bridgehead atoms. The predicted molar refractivity (Wildman–Crippen MR) is 65.3 cm³/mol. The first-order chi connectivity index (χ1) is 8.56. The van der Waals surface area contributed by atoms with Gasteiger partial charge in [0.05, 0.1) is 5.69 Å². The molecule has 6 heteroatoms. The lowest BCUT2D eigenvalue weighted by Gasteiger charge is -2.04. The van der Waals surface area contributed by atoms with Crippen molar-refractivity contribution in [3.05, 3.63) is 41.2 Å². The van der Waals surface area contributed by atoms with Gasteiger partial charge in [-0.25, -0.2) is 4.79 Å². The van der Waals surface area contributed by atoms with E-state index in [9.17, 15) is 4.79 Å². The Morgan fingerprint density at radius 2 is 1.94 bits per heavy atom. The van der Waals surface area contributed by atoms with Gasteiger partial charge in [-0.3, -0.25) is 0 Å². The summed E-state index contributed by atoms with van der Waals surface area (Å²) in [5.74, 6) is -0.660. The number of aromatic nitrogens is 4. The highest BCUT2D eigenvalue weighted by Gasteiger charge is 2.06.